The smallest absolute Gasteiger partial charge is 0.0672 e. The summed E-state index contributed by atoms with van der Waals surface area (Å²) in [5.74, 6) is 1.97. The highest BCUT2D eigenvalue weighted by atomic mass is 15.2. The van der Waals surface area contributed by atoms with Gasteiger partial charge in [0.2, 0.25) is 0 Å². The molecule has 0 bridgehead atoms. The van der Waals surface area contributed by atoms with Gasteiger partial charge in [-0.25, -0.2) is 0 Å². The van der Waals surface area contributed by atoms with Gasteiger partial charge in [-0.3, -0.25) is 4.90 Å². The number of likely N-dealkylation sites (tertiary alicyclic amines) is 1. The zero-order valence-electron chi connectivity index (χ0n) is 13.9. The van der Waals surface area contributed by atoms with Gasteiger partial charge in [-0.05, 0) is 62.4 Å². The molecule has 3 atom stereocenters. The zero-order chi connectivity index (χ0) is 14.8. The highest BCUT2D eigenvalue weighted by Gasteiger charge is 2.39. The average Bonchev–Trinajstić information content (AvgIpc) is 2.45. The summed E-state index contributed by atoms with van der Waals surface area (Å²) in [7, 11) is 0. The maximum atomic E-state index is 9.50. The lowest BCUT2D eigenvalue weighted by atomic mass is 9.67. The molecule has 3 unspecified atom stereocenters. The Morgan fingerprint density at radius 3 is 2.25 bits per heavy atom. The predicted molar refractivity (Wildman–Crippen MR) is 84.3 cm³/mol. The standard InChI is InChI=1S/C18H32N2/c1-5-14-8-10-20(11-9-14)17-12-16(18(2,3)4)7-6-15(17)13-19/h14-17H,5-12H2,1-4H3. The van der Waals surface area contributed by atoms with E-state index in [1.165, 1.54) is 45.2 Å². The molecule has 2 nitrogen and oxygen atoms in total. The fourth-order valence-corrected chi connectivity index (χ4v) is 4.18. The van der Waals surface area contributed by atoms with Gasteiger partial charge in [0.1, 0.15) is 0 Å². The van der Waals surface area contributed by atoms with Gasteiger partial charge in [0.05, 0.1) is 12.0 Å². The van der Waals surface area contributed by atoms with E-state index < -0.39 is 0 Å². The van der Waals surface area contributed by atoms with Gasteiger partial charge in [-0.2, -0.15) is 5.26 Å². The molecule has 0 amide bonds. The second kappa shape index (κ2) is 6.48. The van der Waals surface area contributed by atoms with Crippen molar-refractivity contribution in [1.82, 2.24) is 4.90 Å². The molecule has 2 rings (SSSR count). The SMILES string of the molecule is CCC1CCN(C2CC(C(C)(C)C)CCC2C#N)CC1. The highest BCUT2D eigenvalue weighted by Crippen LogP contribution is 2.42. The van der Waals surface area contributed by atoms with E-state index in [9.17, 15) is 5.26 Å². The Morgan fingerprint density at radius 2 is 1.75 bits per heavy atom. The van der Waals surface area contributed by atoms with Crippen LogP contribution in [0.1, 0.15) is 66.2 Å². The Morgan fingerprint density at radius 1 is 1.10 bits per heavy atom. The number of rotatable bonds is 2. The number of hydrogen-bond acceptors (Lipinski definition) is 2. The highest BCUT2D eigenvalue weighted by molar-refractivity contribution is 5.00. The van der Waals surface area contributed by atoms with Crippen molar-refractivity contribution in [2.24, 2.45) is 23.2 Å². The average molecular weight is 276 g/mol. The minimum atomic E-state index is 0.270. The molecule has 1 aliphatic carbocycles. The summed E-state index contributed by atoms with van der Waals surface area (Å²) in [6.07, 6.45) is 7.58. The summed E-state index contributed by atoms with van der Waals surface area (Å²) >= 11 is 0. The largest absolute Gasteiger partial charge is 0.299 e. The van der Waals surface area contributed by atoms with Crippen molar-refractivity contribution in [3.05, 3.63) is 0 Å². The zero-order valence-corrected chi connectivity index (χ0v) is 13.9. The fourth-order valence-electron chi connectivity index (χ4n) is 4.18. The molecule has 114 valence electrons. The van der Waals surface area contributed by atoms with Crippen LogP contribution in [0, 0.1) is 34.5 Å². The quantitative estimate of drug-likeness (QED) is 0.744. The van der Waals surface area contributed by atoms with Crippen LogP contribution in [0.5, 0.6) is 0 Å². The normalized spacial score (nSPS) is 33.9. The molecule has 2 fully saturated rings. The van der Waals surface area contributed by atoms with E-state index in [-0.39, 0.29) is 5.92 Å². The molecule has 0 N–H and O–H groups in total. The van der Waals surface area contributed by atoms with E-state index >= 15 is 0 Å². The van der Waals surface area contributed by atoms with E-state index in [0.717, 1.165) is 18.3 Å². The maximum absolute atomic E-state index is 9.50. The monoisotopic (exact) mass is 276 g/mol. The van der Waals surface area contributed by atoms with E-state index in [1.807, 2.05) is 0 Å². The number of nitriles is 1. The lowest BCUT2D eigenvalue weighted by Gasteiger charge is -2.46. The molecule has 1 saturated carbocycles. The van der Waals surface area contributed by atoms with Gasteiger partial charge in [-0.1, -0.05) is 34.1 Å². The van der Waals surface area contributed by atoms with Gasteiger partial charge in [0, 0.05) is 6.04 Å². The van der Waals surface area contributed by atoms with Crippen molar-refractivity contribution in [2.75, 3.05) is 13.1 Å². The first-order chi connectivity index (χ1) is 9.45. The number of piperidine rings is 1. The van der Waals surface area contributed by atoms with Gasteiger partial charge < -0.3 is 0 Å². The first-order valence-corrected chi connectivity index (χ1v) is 8.59. The van der Waals surface area contributed by atoms with E-state index in [0.29, 0.717) is 11.5 Å². The summed E-state index contributed by atoms with van der Waals surface area (Å²) in [5, 5.41) is 9.50. The van der Waals surface area contributed by atoms with Crippen LogP contribution in [0.4, 0.5) is 0 Å². The summed E-state index contributed by atoms with van der Waals surface area (Å²) in [6.45, 7) is 11.9. The van der Waals surface area contributed by atoms with Crippen molar-refractivity contribution in [3.8, 4) is 6.07 Å². The van der Waals surface area contributed by atoms with Crippen molar-refractivity contribution >= 4 is 0 Å². The molecular formula is C18H32N2. The van der Waals surface area contributed by atoms with Crippen LogP contribution < -0.4 is 0 Å². The van der Waals surface area contributed by atoms with Crippen LogP contribution in [0.15, 0.2) is 0 Å². The van der Waals surface area contributed by atoms with Gasteiger partial charge in [-0.15, -0.1) is 0 Å². The summed E-state index contributed by atoms with van der Waals surface area (Å²) < 4.78 is 0. The van der Waals surface area contributed by atoms with Crippen molar-refractivity contribution in [1.29, 1.82) is 5.26 Å². The molecule has 1 heterocycles. The number of nitrogens with zero attached hydrogens (tertiary/aromatic N) is 2. The lowest BCUT2D eigenvalue weighted by Crippen LogP contribution is -2.49. The molecule has 0 aromatic rings. The van der Waals surface area contributed by atoms with Crippen LogP contribution in [-0.4, -0.2) is 24.0 Å². The predicted octanol–water partition coefficient (Wildman–Crippen LogP) is 4.46. The van der Waals surface area contributed by atoms with Crippen LogP contribution >= 0.6 is 0 Å². The summed E-state index contributed by atoms with van der Waals surface area (Å²) in [5.41, 5.74) is 0.389. The topological polar surface area (TPSA) is 27.0 Å². The Labute approximate surface area is 125 Å². The summed E-state index contributed by atoms with van der Waals surface area (Å²) in [6, 6.07) is 3.13. The van der Waals surface area contributed by atoms with Crippen molar-refractivity contribution in [2.45, 2.75) is 72.3 Å². The van der Waals surface area contributed by atoms with E-state index in [2.05, 4.69) is 38.7 Å². The van der Waals surface area contributed by atoms with Gasteiger partial charge in [0.25, 0.3) is 0 Å². The van der Waals surface area contributed by atoms with Crippen molar-refractivity contribution in [3.63, 3.8) is 0 Å². The molecule has 1 saturated heterocycles. The van der Waals surface area contributed by atoms with Crippen molar-refractivity contribution < 1.29 is 0 Å². The fraction of sp³-hybridized carbons (Fsp3) is 0.944. The molecule has 0 aromatic heterocycles. The third-order valence-electron chi connectivity index (χ3n) is 5.90. The maximum Gasteiger partial charge on any atom is 0.0672 e. The first-order valence-electron chi connectivity index (χ1n) is 8.59. The first kappa shape index (κ1) is 15.8. The lowest BCUT2D eigenvalue weighted by molar-refractivity contribution is 0.0388. The van der Waals surface area contributed by atoms with E-state index in [4.69, 9.17) is 0 Å². The molecule has 0 aromatic carbocycles. The third-order valence-corrected chi connectivity index (χ3v) is 5.90. The molecule has 0 spiro atoms. The van der Waals surface area contributed by atoms with Crippen LogP contribution in [0.25, 0.3) is 0 Å². The van der Waals surface area contributed by atoms with Crippen LogP contribution in [0.2, 0.25) is 0 Å². The minimum absolute atomic E-state index is 0.270. The second-order valence-corrected chi connectivity index (χ2v) is 8.07. The molecule has 2 heteroatoms. The van der Waals surface area contributed by atoms with Gasteiger partial charge >= 0.3 is 0 Å². The Kier molecular flexibility index (Phi) is 5.13. The minimum Gasteiger partial charge on any atom is -0.299 e. The van der Waals surface area contributed by atoms with Crippen LogP contribution in [0.3, 0.4) is 0 Å². The van der Waals surface area contributed by atoms with Gasteiger partial charge in [0.15, 0.2) is 0 Å². The van der Waals surface area contributed by atoms with Crippen LogP contribution in [-0.2, 0) is 0 Å². The van der Waals surface area contributed by atoms with E-state index in [1.54, 1.807) is 0 Å². The molecule has 1 aliphatic heterocycles. The molecule has 2 aliphatic rings. The number of hydrogen-bond donors (Lipinski definition) is 0. The molecule has 0 radical (unpaired) electrons. The third kappa shape index (κ3) is 3.55. The molecular weight excluding hydrogens is 244 g/mol. The Bertz CT molecular complexity index is 341. The molecule has 20 heavy (non-hydrogen) atoms. The summed E-state index contributed by atoms with van der Waals surface area (Å²) in [4.78, 5) is 2.65. The Hall–Kier alpha value is -0.550. The Balaban J connectivity index is 2.01. The second-order valence-electron chi connectivity index (χ2n) is 8.07.